The highest BCUT2D eigenvalue weighted by Gasteiger charge is 2.57. The first-order chi connectivity index (χ1) is 16.6. The predicted molar refractivity (Wildman–Crippen MR) is 136 cm³/mol. The fourth-order valence-electron chi connectivity index (χ4n) is 6.23. The van der Waals surface area contributed by atoms with Gasteiger partial charge < -0.3 is 14.6 Å². The van der Waals surface area contributed by atoms with Gasteiger partial charge in [-0.15, -0.1) is 0 Å². The van der Waals surface area contributed by atoms with E-state index in [4.69, 9.17) is 21.1 Å². The maximum atomic E-state index is 12.5. The highest BCUT2D eigenvalue weighted by Crippen LogP contribution is 2.61. The Morgan fingerprint density at radius 2 is 2.11 bits per heavy atom. The van der Waals surface area contributed by atoms with E-state index in [1.807, 2.05) is 25.1 Å². The number of aliphatic hydroxyl groups is 1. The zero-order chi connectivity index (χ0) is 25.2. The van der Waals surface area contributed by atoms with Gasteiger partial charge in [0.1, 0.15) is 6.61 Å². The van der Waals surface area contributed by atoms with Gasteiger partial charge >= 0.3 is 11.9 Å². The van der Waals surface area contributed by atoms with Crippen molar-refractivity contribution in [3.05, 3.63) is 76.9 Å². The Morgan fingerprint density at radius 1 is 1.31 bits per heavy atom. The molecule has 2 saturated carbocycles. The summed E-state index contributed by atoms with van der Waals surface area (Å²) in [5, 5.41) is 11.7. The van der Waals surface area contributed by atoms with Crippen LogP contribution in [-0.4, -0.2) is 36.4 Å². The van der Waals surface area contributed by atoms with Crippen LogP contribution in [-0.2, 0) is 19.1 Å². The molecule has 0 unspecified atom stereocenters. The van der Waals surface area contributed by atoms with E-state index < -0.39 is 17.5 Å². The van der Waals surface area contributed by atoms with E-state index in [9.17, 15) is 14.7 Å². The number of hydrogen-bond acceptors (Lipinski definition) is 5. The molecule has 1 heterocycles. The smallest absolute Gasteiger partial charge is 0.338 e. The van der Waals surface area contributed by atoms with Gasteiger partial charge in [0.2, 0.25) is 0 Å². The minimum Gasteiger partial charge on any atom is -0.462 e. The lowest BCUT2D eigenvalue weighted by atomic mass is 9.46. The molecule has 0 bridgehead atoms. The quantitative estimate of drug-likeness (QED) is 0.311. The molecule has 5 atom stereocenters. The zero-order valence-corrected chi connectivity index (χ0v) is 21.1. The van der Waals surface area contributed by atoms with Crippen LogP contribution in [0.15, 0.2) is 66.3 Å². The van der Waals surface area contributed by atoms with Crippen molar-refractivity contribution in [2.24, 2.45) is 22.7 Å². The number of carbonyl (C=O) groups excluding carboxylic acids is 2. The molecule has 6 heteroatoms. The number of aliphatic hydroxyl groups excluding tert-OH is 1. The summed E-state index contributed by atoms with van der Waals surface area (Å²) in [6.45, 7) is 9.05. The van der Waals surface area contributed by atoms with E-state index in [-0.39, 0.29) is 29.8 Å². The van der Waals surface area contributed by atoms with E-state index in [1.54, 1.807) is 24.3 Å². The third-order valence-corrected chi connectivity index (χ3v) is 8.46. The van der Waals surface area contributed by atoms with Crippen molar-refractivity contribution in [2.45, 2.75) is 45.6 Å². The molecule has 0 saturated heterocycles. The zero-order valence-electron chi connectivity index (χ0n) is 20.3. The van der Waals surface area contributed by atoms with Crippen LogP contribution in [0.25, 0.3) is 6.08 Å². The van der Waals surface area contributed by atoms with Crippen LogP contribution in [0.2, 0.25) is 5.02 Å². The maximum Gasteiger partial charge on any atom is 0.338 e. The Bertz CT molecular complexity index is 1100. The largest absolute Gasteiger partial charge is 0.462 e. The van der Waals surface area contributed by atoms with Crippen LogP contribution in [0.4, 0.5) is 0 Å². The summed E-state index contributed by atoms with van der Waals surface area (Å²) in [7, 11) is 0. The average Bonchev–Trinajstić information content (AvgIpc) is 3.23. The van der Waals surface area contributed by atoms with Crippen LogP contribution in [0, 0.1) is 22.7 Å². The molecule has 0 aromatic heterocycles. The Kier molecular flexibility index (Phi) is 7.39. The number of fused-ring (bicyclic) bond motifs is 1. The minimum atomic E-state index is -0.592. The van der Waals surface area contributed by atoms with Gasteiger partial charge in [-0.3, -0.25) is 0 Å². The summed E-state index contributed by atoms with van der Waals surface area (Å²) in [5.41, 5.74) is 1.75. The fourth-order valence-corrected chi connectivity index (χ4v) is 6.43. The van der Waals surface area contributed by atoms with Crippen molar-refractivity contribution >= 4 is 29.6 Å². The van der Waals surface area contributed by atoms with Crippen molar-refractivity contribution in [2.75, 3.05) is 13.2 Å². The summed E-state index contributed by atoms with van der Waals surface area (Å²) in [5.74, 6) is -0.575. The van der Waals surface area contributed by atoms with Crippen LogP contribution < -0.4 is 0 Å². The molecule has 1 aromatic carbocycles. The highest BCUT2D eigenvalue weighted by molar-refractivity contribution is 6.30. The topological polar surface area (TPSA) is 72.8 Å². The third-order valence-electron chi connectivity index (χ3n) is 8.22. The number of cyclic esters (lactones) is 1. The number of benzene rings is 1. The second kappa shape index (κ2) is 10.2. The lowest BCUT2D eigenvalue weighted by molar-refractivity contribution is -0.168. The lowest BCUT2D eigenvalue weighted by Gasteiger charge is -2.59. The molecule has 1 aliphatic heterocycles. The van der Waals surface area contributed by atoms with Gasteiger partial charge in [-0.2, -0.15) is 0 Å². The molecule has 0 amide bonds. The van der Waals surface area contributed by atoms with Crippen molar-refractivity contribution in [3.8, 4) is 0 Å². The molecule has 4 rings (SSSR count). The molecule has 3 aliphatic rings. The summed E-state index contributed by atoms with van der Waals surface area (Å²) in [6.07, 6.45) is 11.3. The van der Waals surface area contributed by atoms with Crippen molar-refractivity contribution < 1.29 is 24.2 Å². The number of halogens is 1. The molecular weight excluding hydrogens is 464 g/mol. The molecule has 0 spiro atoms. The number of allylic oxidation sites excluding steroid dienone is 2. The van der Waals surface area contributed by atoms with Gasteiger partial charge in [0.25, 0.3) is 0 Å². The first-order valence-electron chi connectivity index (χ1n) is 12.1. The number of esters is 2. The molecule has 5 nitrogen and oxygen atoms in total. The Labute approximate surface area is 212 Å². The number of rotatable bonds is 6. The Hall–Kier alpha value is -2.63. The molecular formula is C29H33ClO5. The maximum absolute atomic E-state index is 12.5. The van der Waals surface area contributed by atoms with Crippen molar-refractivity contribution in [1.29, 1.82) is 0 Å². The van der Waals surface area contributed by atoms with Crippen molar-refractivity contribution in [3.63, 3.8) is 0 Å². The van der Waals surface area contributed by atoms with E-state index in [2.05, 4.69) is 19.6 Å². The van der Waals surface area contributed by atoms with Gasteiger partial charge in [-0.05, 0) is 66.9 Å². The van der Waals surface area contributed by atoms with Crippen LogP contribution in [0.5, 0.6) is 0 Å². The summed E-state index contributed by atoms with van der Waals surface area (Å²) in [4.78, 5) is 24.4. The molecule has 35 heavy (non-hydrogen) atoms. The van der Waals surface area contributed by atoms with Crippen LogP contribution >= 0.6 is 11.6 Å². The monoisotopic (exact) mass is 496 g/mol. The van der Waals surface area contributed by atoms with Gasteiger partial charge in [-0.25, -0.2) is 9.59 Å². The molecule has 2 aliphatic carbocycles. The van der Waals surface area contributed by atoms with E-state index >= 15 is 0 Å². The molecule has 0 radical (unpaired) electrons. The second-order valence-electron chi connectivity index (χ2n) is 10.4. The predicted octanol–water partition coefficient (Wildman–Crippen LogP) is 5.69. The van der Waals surface area contributed by atoms with Gasteiger partial charge in [-0.1, -0.05) is 61.9 Å². The molecule has 186 valence electrons. The average molecular weight is 497 g/mol. The first-order valence-corrected chi connectivity index (χ1v) is 12.5. The van der Waals surface area contributed by atoms with Crippen molar-refractivity contribution in [1.82, 2.24) is 0 Å². The first kappa shape index (κ1) is 25.5. The second-order valence-corrected chi connectivity index (χ2v) is 10.8. The number of carbonyl (C=O) groups is 2. The number of ether oxygens (including phenoxy) is 2. The lowest BCUT2D eigenvalue weighted by Crippen LogP contribution is -2.57. The van der Waals surface area contributed by atoms with E-state index in [0.717, 1.165) is 30.4 Å². The molecule has 1 aromatic rings. The van der Waals surface area contributed by atoms with Crippen LogP contribution in [0.3, 0.4) is 0 Å². The Morgan fingerprint density at radius 3 is 2.83 bits per heavy atom. The van der Waals surface area contributed by atoms with E-state index in [1.165, 1.54) is 6.08 Å². The molecule has 2 fully saturated rings. The summed E-state index contributed by atoms with van der Waals surface area (Å²) in [6, 6.07) is 7.22. The number of hydrogen-bond donors (Lipinski definition) is 1. The Balaban J connectivity index is 1.50. The summed E-state index contributed by atoms with van der Waals surface area (Å²) >= 11 is 6.01. The van der Waals surface area contributed by atoms with Gasteiger partial charge in [0.05, 0.1) is 18.3 Å². The highest BCUT2D eigenvalue weighted by atomic mass is 35.5. The fraction of sp³-hybridized carbons (Fsp3) is 0.448. The standard InChI is InChI=1S/C29H33ClO5/c1-19-7-11-24-28(2,23(19)10-9-21-14-16-34-27(21)33)15-13-25(31)29(24,3)18-35-26(32)12-8-20-5-4-6-22(30)17-20/h4-6,8-10,12,14,17,23-25,31H,1,7,11,13,15-16,18H2,2-3H3/b10-9+,12-8+/t23-,24+,25-,28+,29+/m1/s1. The SMILES string of the molecule is C=C1CC[C@@H]2[C@](C)(COC(=O)/C=C/c3cccc(Cl)c3)[C@H](O)CC[C@@]2(C)[C@@H]1/C=C/C1=CCOC1=O. The van der Waals surface area contributed by atoms with Gasteiger partial charge in [0, 0.05) is 22.4 Å². The summed E-state index contributed by atoms with van der Waals surface area (Å²) < 4.78 is 10.7. The third kappa shape index (κ3) is 5.17. The van der Waals surface area contributed by atoms with E-state index in [0.29, 0.717) is 23.6 Å². The normalized spacial score (nSPS) is 33.0. The minimum absolute atomic E-state index is 0.0563. The van der Waals surface area contributed by atoms with Crippen LogP contribution in [0.1, 0.15) is 45.1 Å². The molecule has 1 N–H and O–H groups in total. The van der Waals surface area contributed by atoms with Gasteiger partial charge in [0.15, 0.2) is 0 Å².